The maximum absolute atomic E-state index is 12.2. The second-order valence-corrected chi connectivity index (χ2v) is 7.34. The van der Waals surface area contributed by atoms with Crippen LogP contribution in [-0.2, 0) is 11.3 Å². The van der Waals surface area contributed by atoms with Gasteiger partial charge in [-0.05, 0) is 31.1 Å². The van der Waals surface area contributed by atoms with Gasteiger partial charge in [-0.15, -0.1) is 0 Å². The molecule has 3 atom stereocenters. The topological polar surface area (TPSA) is 63.0 Å². The van der Waals surface area contributed by atoms with Crippen LogP contribution in [0.1, 0.15) is 31.4 Å². The van der Waals surface area contributed by atoms with Gasteiger partial charge in [0.2, 0.25) is 17.1 Å². The summed E-state index contributed by atoms with van der Waals surface area (Å²) in [6.45, 7) is 3.47. The SMILES string of the molecule is COc1coc(CN2C[C@H]3C[C@H](C2)[C@@H]2CCCC(=O)N2C3)cc1=O. The number of hydrogen-bond donors (Lipinski definition) is 0. The molecule has 0 spiro atoms. The van der Waals surface area contributed by atoms with Crippen molar-refractivity contribution >= 4 is 5.91 Å². The van der Waals surface area contributed by atoms with E-state index in [2.05, 4.69) is 9.80 Å². The zero-order valence-electron chi connectivity index (χ0n) is 14.1. The van der Waals surface area contributed by atoms with E-state index in [-0.39, 0.29) is 11.2 Å². The molecule has 0 aliphatic carbocycles. The van der Waals surface area contributed by atoms with Crippen LogP contribution < -0.4 is 10.2 Å². The second-order valence-electron chi connectivity index (χ2n) is 7.34. The van der Waals surface area contributed by atoms with E-state index in [4.69, 9.17) is 9.15 Å². The zero-order chi connectivity index (χ0) is 16.7. The number of carbonyl (C=O) groups is 1. The molecule has 24 heavy (non-hydrogen) atoms. The number of amides is 1. The van der Waals surface area contributed by atoms with Gasteiger partial charge in [-0.2, -0.15) is 0 Å². The van der Waals surface area contributed by atoms with E-state index >= 15 is 0 Å². The number of carbonyl (C=O) groups excluding carboxylic acids is 1. The number of nitrogens with zero attached hydrogens (tertiary/aromatic N) is 2. The Kier molecular flexibility index (Phi) is 4.08. The first kappa shape index (κ1) is 15.7. The average Bonchev–Trinajstić information content (AvgIpc) is 2.56. The van der Waals surface area contributed by atoms with Crippen molar-refractivity contribution in [2.45, 2.75) is 38.3 Å². The van der Waals surface area contributed by atoms with Crippen LogP contribution in [0.2, 0.25) is 0 Å². The lowest BCUT2D eigenvalue weighted by Crippen LogP contribution is -2.60. The molecule has 3 aliphatic rings. The molecule has 0 saturated carbocycles. The summed E-state index contributed by atoms with van der Waals surface area (Å²) >= 11 is 0. The monoisotopic (exact) mass is 332 g/mol. The van der Waals surface area contributed by atoms with E-state index in [9.17, 15) is 9.59 Å². The molecule has 3 fully saturated rings. The van der Waals surface area contributed by atoms with Crippen LogP contribution in [-0.4, -0.2) is 48.5 Å². The smallest absolute Gasteiger partial charge is 0.227 e. The van der Waals surface area contributed by atoms with Crippen molar-refractivity contribution in [2.75, 3.05) is 26.7 Å². The van der Waals surface area contributed by atoms with Gasteiger partial charge in [0.15, 0.2) is 0 Å². The Bertz CT molecular complexity index is 686. The molecule has 1 aromatic heterocycles. The number of ether oxygens (including phenoxy) is 1. The van der Waals surface area contributed by atoms with Gasteiger partial charge in [0, 0.05) is 38.2 Å². The fourth-order valence-corrected chi connectivity index (χ4v) is 4.73. The Morgan fingerprint density at radius 1 is 1.29 bits per heavy atom. The van der Waals surface area contributed by atoms with Gasteiger partial charge >= 0.3 is 0 Å². The van der Waals surface area contributed by atoms with Crippen molar-refractivity contribution in [1.82, 2.24) is 9.80 Å². The van der Waals surface area contributed by atoms with Crippen LogP contribution in [0.4, 0.5) is 0 Å². The molecule has 3 aliphatic heterocycles. The summed E-state index contributed by atoms with van der Waals surface area (Å²) in [6, 6.07) is 1.94. The van der Waals surface area contributed by atoms with Crippen molar-refractivity contribution in [3.8, 4) is 5.75 Å². The lowest BCUT2D eigenvalue weighted by atomic mass is 9.76. The third-order valence-electron chi connectivity index (χ3n) is 5.71. The van der Waals surface area contributed by atoms with E-state index in [1.54, 1.807) is 0 Å². The van der Waals surface area contributed by atoms with Gasteiger partial charge in [-0.1, -0.05) is 0 Å². The molecule has 0 N–H and O–H groups in total. The highest BCUT2D eigenvalue weighted by molar-refractivity contribution is 5.77. The largest absolute Gasteiger partial charge is 0.490 e. The normalized spacial score (nSPS) is 30.1. The average molecular weight is 332 g/mol. The fourth-order valence-electron chi connectivity index (χ4n) is 4.73. The molecule has 1 amide bonds. The third-order valence-corrected chi connectivity index (χ3v) is 5.71. The number of methoxy groups -OCH3 is 1. The quantitative estimate of drug-likeness (QED) is 0.839. The summed E-state index contributed by atoms with van der Waals surface area (Å²) in [5.41, 5.74) is -0.139. The molecule has 6 nitrogen and oxygen atoms in total. The molecular formula is C18H24N2O4. The van der Waals surface area contributed by atoms with Crippen molar-refractivity contribution < 1.29 is 13.9 Å². The summed E-state index contributed by atoms with van der Waals surface area (Å²) in [5, 5.41) is 0. The van der Waals surface area contributed by atoms with Gasteiger partial charge in [0.25, 0.3) is 0 Å². The lowest BCUT2D eigenvalue weighted by Gasteiger charge is -2.52. The van der Waals surface area contributed by atoms with Crippen molar-refractivity contribution in [3.05, 3.63) is 28.3 Å². The summed E-state index contributed by atoms with van der Waals surface area (Å²) in [5.74, 6) is 2.34. The predicted octanol–water partition coefficient (Wildman–Crippen LogP) is 1.48. The second kappa shape index (κ2) is 6.24. The van der Waals surface area contributed by atoms with Crippen LogP contribution in [0.15, 0.2) is 21.5 Å². The summed E-state index contributed by atoms with van der Waals surface area (Å²) in [6.07, 6.45) is 5.49. The summed E-state index contributed by atoms with van der Waals surface area (Å²) in [7, 11) is 1.47. The molecular weight excluding hydrogens is 308 g/mol. The molecule has 130 valence electrons. The number of rotatable bonds is 3. The van der Waals surface area contributed by atoms with Gasteiger partial charge in [0.05, 0.1) is 13.7 Å². The van der Waals surface area contributed by atoms with Crippen LogP contribution in [0, 0.1) is 11.8 Å². The van der Waals surface area contributed by atoms with E-state index in [1.165, 1.54) is 25.9 Å². The van der Waals surface area contributed by atoms with Gasteiger partial charge in [0.1, 0.15) is 12.0 Å². The minimum atomic E-state index is -0.139. The molecule has 0 radical (unpaired) electrons. The van der Waals surface area contributed by atoms with Crippen molar-refractivity contribution in [3.63, 3.8) is 0 Å². The third kappa shape index (κ3) is 2.83. The molecule has 0 aromatic carbocycles. The van der Waals surface area contributed by atoms with Gasteiger partial charge in [-0.3, -0.25) is 14.5 Å². The van der Waals surface area contributed by atoms with Crippen molar-refractivity contribution in [1.29, 1.82) is 0 Å². The Balaban J connectivity index is 1.46. The number of hydrogen-bond acceptors (Lipinski definition) is 5. The number of fused-ring (bicyclic) bond motifs is 4. The molecule has 4 rings (SSSR count). The molecule has 3 saturated heterocycles. The highest BCUT2D eigenvalue weighted by atomic mass is 16.5. The Labute approximate surface area is 141 Å². The summed E-state index contributed by atoms with van der Waals surface area (Å²) in [4.78, 5) is 28.6. The van der Waals surface area contributed by atoms with E-state index in [0.29, 0.717) is 36.1 Å². The Hall–Kier alpha value is -1.82. The molecule has 0 unspecified atom stereocenters. The summed E-state index contributed by atoms with van der Waals surface area (Å²) < 4.78 is 10.5. The standard InChI is InChI=1S/C18H24N2O4/c1-23-17-11-24-14(6-16(17)21)10-19-7-12-5-13(9-19)15-3-2-4-18(22)20(15)8-12/h6,11-13,15H,2-5,7-10H2,1H3/t12-,13-,15+/m1/s1. The highest BCUT2D eigenvalue weighted by Crippen LogP contribution is 2.38. The van der Waals surface area contributed by atoms with Crippen LogP contribution >= 0.6 is 0 Å². The van der Waals surface area contributed by atoms with Crippen LogP contribution in [0.3, 0.4) is 0 Å². The van der Waals surface area contributed by atoms with Gasteiger partial charge < -0.3 is 14.1 Å². The fraction of sp³-hybridized carbons (Fsp3) is 0.667. The van der Waals surface area contributed by atoms with Crippen molar-refractivity contribution in [2.24, 2.45) is 11.8 Å². The molecule has 4 heterocycles. The Morgan fingerprint density at radius 3 is 2.96 bits per heavy atom. The minimum Gasteiger partial charge on any atom is -0.490 e. The molecule has 6 heteroatoms. The van der Waals surface area contributed by atoms with Crippen LogP contribution in [0.25, 0.3) is 0 Å². The lowest BCUT2D eigenvalue weighted by molar-refractivity contribution is -0.145. The predicted molar refractivity (Wildman–Crippen MR) is 87.8 cm³/mol. The first-order chi connectivity index (χ1) is 11.6. The van der Waals surface area contributed by atoms with E-state index < -0.39 is 0 Å². The van der Waals surface area contributed by atoms with E-state index in [1.807, 2.05) is 0 Å². The van der Waals surface area contributed by atoms with Gasteiger partial charge in [-0.25, -0.2) is 0 Å². The maximum Gasteiger partial charge on any atom is 0.227 e. The number of piperidine rings is 3. The zero-order valence-corrected chi connectivity index (χ0v) is 14.1. The van der Waals surface area contributed by atoms with Crippen LogP contribution in [0.5, 0.6) is 5.75 Å². The number of likely N-dealkylation sites (tertiary alicyclic amines) is 1. The molecule has 1 aromatic rings. The first-order valence-electron chi connectivity index (χ1n) is 8.81. The minimum absolute atomic E-state index is 0.139. The maximum atomic E-state index is 12.2. The van der Waals surface area contributed by atoms with E-state index in [0.717, 1.165) is 38.9 Å². The highest BCUT2D eigenvalue weighted by Gasteiger charge is 2.43. The molecule has 2 bridgehead atoms. The first-order valence-corrected chi connectivity index (χ1v) is 8.81. The Morgan fingerprint density at radius 2 is 2.17 bits per heavy atom.